The summed E-state index contributed by atoms with van der Waals surface area (Å²) in [6.07, 6.45) is 0.0683. The number of hydrogen-bond acceptors (Lipinski definition) is 5. The molecule has 31 heavy (non-hydrogen) atoms. The Morgan fingerprint density at radius 2 is 1.94 bits per heavy atom. The van der Waals surface area contributed by atoms with E-state index in [0.29, 0.717) is 11.3 Å². The molecule has 1 fully saturated rings. The first-order chi connectivity index (χ1) is 14.8. The van der Waals surface area contributed by atoms with Crippen LogP contribution in [0.3, 0.4) is 0 Å². The third-order valence-corrected chi connectivity index (χ3v) is 4.74. The number of rotatable bonds is 5. The van der Waals surface area contributed by atoms with Gasteiger partial charge >= 0.3 is 6.36 Å². The van der Waals surface area contributed by atoms with Gasteiger partial charge in [0.25, 0.3) is 5.91 Å². The van der Waals surface area contributed by atoms with Crippen molar-refractivity contribution in [3.63, 3.8) is 0 Å². The van der Waals surface area contributed by atoms with Crippen molar-refractivity contribution in [2.75, 3.05) is 23.3 Å². The van der Waals surface area contributed by atoms with Gasteiger partial charge in [-0.15, -0.1) is 13.2 Å². The second-order valence-corrected chi connectivity index (χ2v) is 6.91. The molecule has 11 heteroatoms. The number of ether oxygens (including phenoxy) is 1. The molecule has 4 rings (SSSR count). The molecule has 2 aromatic heterocycles. The Morgan fingerprint density at radius 1 is 1.16 bits per heavy atom. The Hall–Kier alpha value is -3.63. The minimum Gasteiger partial charge on any atom is -0.403 e. The third kappa shape index (κ3) is 4.76. The van der Waals surface area contributed by atoms with E-state index in [0.717, 1.165) is 49.9 Å². The number of alkyl halides is 3. The van der Waals surface area contributed by atoms with Crippen molar-refractivity contribution in [3.8, 4) is 17.0 Å². The Morgan fingerprint density at radius 3 is 2.58 bits per heavy atom. The molecule has 162 valence electrons. The highest BCUT2D eigenvalue weighted by molar-refractivity contribution is 6.05. The van der Waals surface area contributed by atoms with Crippen molar-refractivity contribution < 1.29 is 27.1 Å². The van der Waals surface area contributed by atoms with Crippen LogP contribution in [-0.2, 0) is 0 Å². The van der Waals surface area contributed by atoms with E-state index in [-0.39, 0.29) is 11.3 Å². The number of H-pyrrole nitrogens is 1. The summed E-state index contributed by atoms with van der Waals surface area (Å²) in [6, 6.07) is 6.06. The average molecular weight is 435 g/mol. The Kier molecular flexibility index (Phi) is 5.49. The zero-order chi connectivity index (χ0) is 22.0. The number of hydrogen-bond donors (Lipinski definition) is 2. The quantitative estimate of drug-likeness (QED) is 0.582. The number of pyridine rings is 1. The highest BCUT2D eigenvalue weighted by Crippen LogP contribution is 2.31. The van der Waals surface area contributed by atoms with Gasteiger partial charge in [0.2, 0.25) is 0 Å². The fraction of sp³-hybridized carbons (Fsp3) is 0.250. The molecule has 0 bridgehead atoms. The van der Waals surface area contributed by atoms with Crippen molar-refractivity contribution >= 4 is 17.4 Å². The number of carbonyl (C=O) groups excluding carboxylic acids is 1. The molecule has 3 aromatic rings. The normalized spacial score (nSPS) is 14.0. The van der Waals surface area contributed by atoms with Crippen LogP contribution in [0.1, 0.15) is 23.2 Å². The largest absolute Gasteiger partial charge is 0.573 e. The van der Waals surface area contributed by atoms with Crippen LogP contribution in [-0.4, -0.2) is 40.5 Å². The molecule has 0 atom stereocenters. The van der Waals surface area contributed by atoms with Gasteiger partial charge in [-0.2, -0.15) is 5.10 Å². The second-order valence-electron chi connectivity index (χ2n) is 6.91. The Balaban J connectivity index is 1.57. The van der Waals surface area contributed by atoms with Crippen LogP contribution in [0.4, 0.5) is 29.1 Å². The van der Waals surface area contributed by atoms with E-state index >= 15 is 0 Å². The number of benzene rings is 1. The van der Waals surface area contributed by atoms with Gasteiger partial charge in [0, 0.05) is 42.8 Å². The molecule has 1 aliphatic heterocycles. The zero-order valence-corrected chi connectivity index (χ0v) is 16.0. The first-order valence-corrected chi connectivity index (χ1v) is 9.41. The summed E-state index contributed by atoms with van der Waals surface area (Å²) >= 11 is 0. The molecule has 1 amide bonds. The highest BCUT2D eigenvalue weighted by Gasteiger charge is 2.32. The summed E-state index contributed by atoms with van der Waals surface area (Å²) in [7, 11) is 0. The van der Waals surface area contributed by atoms with Gasteiger partial charge in [-0.1, -0.05) is 0 Å². The number of nitrogens with zero attached hydrogens (tertiary/aromatic N) is 3. The summed E-state index contributed by atoms with van der Waals surface area (Å²) in [5, 5.41) is 9.26. The minimum atomic E-state index is -5.02. The van der Waals surface area contributed by atoms with Gasteiger partial charge in [-0.3, -0.25) is 9.89 Å². The topological polar surface area (TPSA) is 83.1 Å². The van der Waals surface area contributed by atoms with Crippen LogP contribution in [0.15, 0.2) is 42.7 Å². The smallest absolute Gasteiger partial charge is 0.403 e. The molecule has 1 aromatic carbocycles. The van der Waals surface area contributed by atoms with Crippen LogP contribution in [0.25, 0.3) is 11.3 Å². The minimum absolute atomic E-state index is 0.0243. The predicted molar refractivity (Wildman–Crippen MR) is 104 cm³/mol. The van der Waals surface area contributed by atoms with E-state index in [1.807, 2.05) is 0 Å². The van der Waals surface area contributed by atoms with Crippen molar-refractivity contribution in [2.24, 2.45) is 0 Å². The molecule has 3 heterocycles. The molecular weight excluding hydrogens is 418 g/mol. The van der Waals surface area contributed by atoms with Gasteiger partial charge in [-0.25, -0.2) is 9.37 Å². The van der Waals surface area contributed by atoms with E-state index in [2.05, 4.69) is 30.1 Å². The molecule has 1 aliphatic rings. The lowest BCUT2D eigenvalue weighted by molar-refractivity contribution is -0.275. The Bertz CT molecular complexity index is 1080. The highest BCUT2D eigenvalue weighted by atomic mass is 19.4. The number of nitrogens with one attached hydrogen (secondary N) is 2. The van der Waals surface area contributed by atoms with Crippen LogP contribution in [0.5, 0.6) is 5.75 Å². The molecule has 0 spiro atoms. The number of aromatic nitrogens is 3. The average Bonchev–Trinajstić information content (AvgIpc) is 3.43. The van der Waals surface area contributed by atoms with Crippen molar-refractivity contribution in [1.29, 1.82) is 0 Å². The lowest BCUT2D eigenvalue weighted by Gasteiger charge is -2.20. The first kappa shape index (κ1) is 20.6. The summed E-state index contributed by atoms with van der Waals surface area (Å²) in [6.45, 7) is 1.70. The standard InChI is InChI=1S/C20H17F4N5O2/c21-15-10-13(3-4-17(15)31-20(22,23)24)27-19(30)12-9-14(16-5-6-26-28-16)18(25-11-12)29-7-1-2-8-29/h3-6,9-11H,1-2,7-8H2,(H,26,28)(H,27,30). The number of anilines is 2. The molecule has 2 N–H and O–H groups in total. The molecule has 7 nitrogen and oxygen atoms in total. The zero-order valence-electron chi connectivity index (χ0n) is 16.0. The van der Waals surface area contributed by atoms with Gasteiger partial charge < -0.3 is 15.0 Å². The monoisotopic (exact) mass is 435 g/mol. The Labute approximate surface area is 174 Å². The summed E-state index contributed by atoms with van der Waals surface area (Å²) < 4.78 is 54.3. The van der Waals surface area contributed by atoms with Gasteiger partial charge in [0.05, 0.1) is 11.3 Å². The van der Waals surface area contributed by atoms with E-state index in [4.69, 9.17) is 0 Å². The van der Waals surface area contributed by atoms with Crippen molar-refractivity contribution in [2.45, 2.75) is 19.2 Å². The lowest BCUT2D eigenvalue weighted by atomic mass is 10.1. The lowest BCUT2D eigenvalue weighted by Crippen LogP contribution is -2.21. The summed E-state index contributed by atoms with van der Waals surface area (Å²) in [5.74, 6) is -2.11. The van der Waals surface area contributed by atoms with Crippen LogP contribution in [0, 0.1) is 5.82 Å². The fourth-order valence-corrected chi connectivity index (χ4v) is 3.36. The molecule has 0 unspecified atom stereocenters. The van der Waals surface area contributed by atoms with Crippen LogP contribution < -0.4 is 15.0 Å². The van der Waals surface area contributed by atoms with Crippen molar-refractivity contribution in [1.82, 2.24) is 15.2 Å². The number of halogens is 4. The van der Waals surface area contributed by atoms with Gasteiger partial charge in [0.1, 0.15) is 5.82 Å². The summed E-state index contributed by atoms with van der Waals surface area (Å²) in [5.41, 5.74) is 1.54. The molecule has 0 saturated carbocycles. The van der Waals surface area contributed by atoms with E-state index in [1.54, 1.807) is 18.3 Å². The number of amides is 1. The van der Waals surface area contributed by atoms with Gasteiger partial charge in [0.15, 0.2) is 11.6 Å². The van der Waals surface area contributed by atoms with E-state index in [1.165, 1.54) is 6.20 Å². The number of aromatic amines is 1. The first-order valence-electron chi connectivity index (χ1n) is 9.41. The maximum absolute atomic E-state index is 13.9. The van der Waals surface area contributed by atoms with Crippen LogP contribution in [0.2, 0.25) is 0 Å². The second kappa shape index (κ2) is 8.25. The molecule has 0 radical (unpaired) electrons. The maximum atomic E-state index is 13.9. The van der Waals surface area contributed by atoms with Crippen molar-refractivity contribution in [3.05, 3.63) is 54.1 Å². The maximum Gasteiger partial charge on any atom is 0.573 e. The van der Waals surface area contributed by atoms with Gasteiger partial charge in [-0.05, 0) is 37.1 Å². The van der Waals surface area contributed by atoms with E-state index < -0.39 is 23.8 Å². The predicted octanol–water partition coefficient (Wildman–Crippen LogP) is 4.36. The number of carbonyl (C=O) groups is 1. The molecule has 1 saturated heterocycles. The molecular formula is C20H17F4N5O2. The third-order valence-electron chi connectivity index (χ3n) is 4.74. The van der Waals surface area contributed by atoms with E-state index in [9.17, 15) is 22.4 Å². The SMILES string of the molecule is O=C(Nc1ccc(OC(F)(F)F)c(F)c1)c1cnc(N2CCCC2)c(-c2ccn[nH]2)c1. The summed E-state index contributed by atoms with van der Waals surface area (Å²) in [4.78, 5) is 19.2. The molecule has 0 aliphatic carbocycles. The van der Waals surface area contributed by atoms with Crippen LogP contribution >= 0.6 is 0 Å². The fourth-order valence-electron chi connectivity index (χ4n) is 3.36.